The number of benzene rings is 3. The van der Waals surface area contributed by atoms with Crippen LogP contribution < -0.4 is 15.4 Å². The minimum atomic E-state index is -1.73. The Kier molecular flexibility index (Phi) is 10.7. The van der Waals surface area contributed by atoms with Crippen LogP contribution in [-0.4, -0.2) is 66.5 Å². The molecule has 2 amide bonds. The van der Waals surface area contributed by atoms with Crippen molar-refractivity contribution < 1.29 is 38.2 Å². The summed E-state index contributed by atoms with van der Waals surface area (Å²) in [4.78, 5) is 58.5. The number of amides is 2. The van der Waals surface area contributed by atoms with Crippen LogP contribution in [0.15, 0.2) is 78.0 Å². The van der Waals surface area contributed by atoms with Crippen molar-refractivity contribution in [2.24, 2.45) is 11.1 Å². The van der Waals surface area contributed by atoms with Gasteiger partial charge in [0.05, 0.1) is 25.3 Å². The first kappa shape index (κ1) is 34.0. The average Bonchev–Trinajstić information content (AvgIpc) is 3.46. The summed E-state index contributed by atoms with van der Waals surface area (Å²) in [5.41, 5.74) is -1.64. The molecule has 1 aliphatic rings. The standard InChI is InChI=1S/C35H41N3O8/c1-22(2)30(37-31(40)25-17-16-23-12-10-11-13-24(23)18-25)28-20-35(46-38-28,21-44-26-14-8-7-9-15-26)33(42)36-27(32(41)43-6)19-29(39)45-34(3,4)5/h7-18,22,27,30H,19-21H2,1-6H3,(H,36,42)(H,37,40)/t27-,30-,35?/m0/s1. The van der Waals surface area contributed by atoms with Crippen molar-refractivity contribution >= 4 is 40.2 Å². The lowest BCUT2D eigenvalue weighted by Gasteiger charge is -2.29. The zero-order valence-corrected chi connectivity index (χ0v) is 27.0. The lowest BCUT2D eigenvalue weighted by molar-refractivity contribution is -0.161. The number of carbonyl (C=O) groups excluding carboxylic acids is 4. The first-order chi connectivity index (χ1) is 21.8. The van der Waals surface area contributed by atoms with Crippen LogP contribution in [0.2, 0.25) is 0 Å². The second kappa shape index (κ2) is 14.4. The van der Waals surface area contributed by atoms with Gasteiger partial charge in [-0.05, 0) is 61.7 Å². The van der Waals surface area contributed by atoms with Crippen molar-refractivity contribution in [2.75, 3.05) is 13.7 Å². The van der Waals surface area contributed by atoms with E-state index < -0.39 is 47.6 Å². The van der Waals surface area contributed by atoms with E-state index in [-0.39, 0.29) is 24.9 Å². The molecule has 244 valence electrons. The van der Waals surface area contributed by atoms with E-state index in [0.717, 1.165) is 17.9 Å². The van der Waals surface area contributed by atoms with Crippen LogP contribution in [0.1, 0.15) is 57.8 Å². The van der Waals surface area contributed by atoms with Crippen LogP contribution in [-0.2, 0) is 28.7 Å². The van der Waals surface area contributed by atoms with Gasteiger partial charge < -0.3 is 29.7 Å². The van der Waals surface area contributed by atoms with Gasteiger partial charge >= 0.3 is 11.9 Å². The highest BCUT2D eigenvalue weighted by atomic mass is 16.7. The maximum Gasteiger partial charge on any atom is 0.328 e. The Morgan fingerprint density at radius 3 is 2.26 bits per heavy atom. The molecule has 0 aromatic heterocycles. The highest BCUT2D eigenvalue weighted by Gasteiger charge is 2.51. The summed E-state index contributed by atoms with van der Waals surface area (Å²) in [7, 11) is 1.16. The molecule has 3 aromatic carbocycles. The van der Waals surface area contributed by atoms with Gasteiger partial charge in [-0.2, -0.15) is 0 Å². The van der Waals surface area contributed by atoms with E-state index in [1.54, 1.807) is 51.1 Å². The summed E-state index contributed by atoms with van der Waals surface area (Å²) < 4.78 is 16.2. The third-order valence-electron chi connectivity index (χ3n) is 7.34. The van der Waals surface area contributed by atoms with Crippen LogP contribution in [0, 0.1) is 5.92 Å². The Morgan fingerprint density at radius 2 is 1.61 bits per heavy atom. The largest absolute Gasteiger partial charge is 0.489 e. The number of hydrogen-bond acceptors (Lipinski definition) is 9. The topological polar surface area (TPSA) is 142 Å². The highest BCUT2D eigenvalue weighted by molar-refractivity contribution is 6.04. The lowest BCUT2D eigenvalue weighted by atomic mass is 9.89. The normalized spacial score (nSPS) is 17.3. The number of esters is 2. The number of carbonyl (C=O) groups is 4. The van der Waals surface area contributed by atoms with Gasteiger partial charge in [0.1, 0.15) is 24.0 Å². The zero-order valence-electron chi connectivity index (χ0n) is 27.0. The molecule has 2 N–H and O–H groups in total. The summed E-state index contributed by atoms with van der Waals surface area (Å²) in [5.74, 6) is -2.23. The summed E-state index contributed by atoms with van der Waals surface area (Å²) in [5, 5.41) is 11.9. The monoisotopic (exact) mass is 631 g/mol. The molecule has 1 heterocycles. The van der Waals surface area contributed by atoms with Crippen molar-refractivity contribution in [3.8, 4) is 5.75 Å². The SMILES string of the molecule is COC(=O)[C@H](CC(=O)OC(C)(C)C)NC(=O)C1(COc2ccccc2)CC([C@@H](NC(=O)c2ccc3ccccc3c2)C(C)C)=NO1. The van der Waals surface area contributed by atoms with Gasteiger partial charge in [0, 0.05) is 12.0 Å². The van der Waals surface area contributed by atoms with Crippen molar-refractivity contribution in [3.63, 3.8) is 0 Å². The second-order valence-electron chi connectivity index (χ2n) is 12.5. The quantitative estimate of drug-likeness (QED) is 0.277. The lowest BCUT2D eigenvalue weighted by Crippen LogP contribution is -2.57. The Hall–Kier alpha value is -4.93. The molecule has 1 unspecified atom stereocenters. The molecule has 3 aromatic rings. The third kappa shape index (κ3) is 8.62. The number of rotatable bonds is 12. The van der Waals surface area contributed by atoms with Crippen molar-refractivity contribution in [3.05, 3.63) is 78.4 Å². The van der Waals surface area contributed by atoms with Crippen molar-refractivity contribution in [1.29, 1.82) is 0 Å². The van der Waals surface area contributed by atoms with Crippen LogP contribution in [0.25, 0.3) is 10.8 Å². The number of methoxy groups -OCH3 is 1. The minimum absolute atomic E-state index is 0.0627. The number of nitrogens with zero attached hydrogens (tertiary/aromatic N) is 1. The second-order valence-corrected chi connectivity index (χ2v) is 12.5. The van der Waals surface area contributed by atoms with Gasteiger partial charge in [-0.25, -0.2) is 4.79 Å². The Labute approximate surface area is 268 Å². The molecule has 11 nitrogen and oxygen atoms in total. The maximum absolute atomic E-state index is 14.0. The van der Waals surface area contributed by atoms with E-state index in [0.29, 0.717) is 17.0 Å². The van der Waals surface area contributed by atoms with Gasteiger partial charge in [-0.3, -0.25) is 14.4 Å². The fraction of sp³-hybridized carbons (Fsp3) is 0.400. The number of ether oxygens (including phenoxy) is 3. The zero-order chi connectivity index (χ0) is 33.5. The molecular formula is C35H41N3O8. The van der Waals surface area contributed by atoms with Gasteiger partial charge in [-0.15, -0.1) is 0 Å². The molecule has 4 rings (SSSR count). The minimum Gasteiger partial charge on any atom is -0.489 e. The molecule has 0 spiro atoms. The summed E-state index contributed by atoms with van der Waals surface area (Å²) in [6.07, 6.45) is -0.525. The van der Waals surface area contributed by atoms with E-state index in [1.165, 1.54) is 0 Å². The fourth-order valence-corrected chi connectivity index (χ4v) is 5.02. The van der Waals surface area contributed by atoms with Crippen LogP contribution in [0.4, 0.5) is 0 Å². The predicted octanol–water partition coefficient (Wildman–Crippen LogP) is 4.58. The third-order valence-corrected chi connectivity index (χ3v) is 7.34. The van der Waals surface area contributed by atoms with Crippen molar-refractivity contribution in [1.82, 2.24) is 10.6 Å². The Balaban J connectivity index is 1.56. The van der Waals surface area contributed by atoms with Crippen molar-refractivity contribution in [2.45, 2.75) is 70.7 Å². The van der Waals surface area contributed by atoms with E-state index in [4.69, 9.17) is 19.0 Å². The average molecular weight is 632 g/mol. The molecule has 0 saturated heterocycles. The molecule has 0 bridgehead atoms. The smallest absolute Gasteiger partial charge is 0.328 e. The van der Waals surface area contributed by atoms with Crippen LogP contribution in [0.3, 0.4) is 0 Å². The van der Waals surface area contributed by atoms with E-state index in [1.807, 2.05) is 56.3 Å². The molecule has 0 saturated carbocycles. The molecule has 3 atom stereocenters. The van der Waals surface area contributed by atoms with Crippen LogP contribution >= 0.6 is 0 Å². The van der Waals surface area contributed by atoms with Gasteiger partial charge in [-0.1, -0.05) is 67.5 Å². The van der Waals surface area contributed by atoms with Gasteiger partial charge in [0.15, 0.2) is 0 Å². The molecule has 0 aliphatic carbocycles. The molecule has 46 heavy (non-hydrogen) atoms. The maximum atomic E-state index is 14.0. The Morgan fingerprint density at radius 1 is 0.935 bits per heavy atom. The van der Waals surface area contributed by atoms with E-state index in [9.17, 15) is 19.2 Å². The predicted molar refractivity (Wildman–Crippen MR) is 172 cm³/mol. The number of hydrogen-bond donors (Lipinski definition) is 2. The molecular weight excluding hydrogens is 590 g/mol. The fourth-order valence-electron chi connectivity index (χ4n) is 5.02. The number of fused-ring (bicyclic) bond motifs is 1. The first-order valence-electron chi connectivity index (χ1n) is 15.1. The molecule has 0 fully saturated rings. The number of para-hydroxylation sites is 1. The highest BCUT2D eigenvalue weighted by Crippen LogP contribution is 2.30. The molecule has 11 heteroatoms. The van der Waals surface area contributed by atoms with Gasteiger partial charge in [0.25, 0.3) is 17.4 Å². The van der Waals surface area contributed by atoms with Gasteiger partial charge in [0.2, 0.25) is 0 Å². The van der Waals surface area contributed by atoms with Crippen LogP contribution in [0.5, 0.6) is 5.75 Å². The summed E-state index contributed by atoms with van der Waals surface area (Å²) >= 11 is 0. The first-order valence-corrected chi connectivity index (χ1v) is 15.1. The number of oxime groups is 1. The number of nitrogens with one attached hydrogen (secondary N) is 2. The Bertz CT molecular complexity index is 1600. The van der Waals surface area contributed by atoms with E-state index in [2.05, 4.69) is 15.8 Å². The molecule has 1 aliphatic heterocycles. The molecule has 0 radical (unpaired) electrons. The summed E-state index contributed by atoms with van der Waals surface area (Å²) in [6.45, 7) is 8.65. The summed E-state index contributed by atoms with van der Waals surface area (Å²) in [6, 6.07) is 20.1. The van der Waals surface area contributed by atoms with E-state index >= 15 is 0 Å².